The zero-order chi connectivity index (χ0) is 12.3. The molecule has 2 rings (SSSR count). The van der Waals surface area contributed by atoms with Crippen LogP contribution in [-0.2, 0) is 4.79 Å². The topological polar surface area (TPSA) is 88.8 Å². The highest BCUT2D eigenvalue weighted by Crippen LogP contribution is 2.17. The molecule has 3 N–H and O–H groups in total. The highest BCUT2D eigenvalue weighted by atomic mass is 16.2. The minimum absolute atomic E-state index is 0.270. The van der Waals surface area contributed by atoms with Crippen LogP contribution in [0.1, 0.15) is 22.1 Å². The maximum atomic E-state index is 12.1. The van der Waals surface area contributed by atoms with Crippen LogP contribution in [-0.4, -0.2) is 21.7 Å². The maximum Gasteiger partial charge on any atom is 0.236 e. The van der Waals surface area contributed by atoms with Gasteiger partial charge in [-0.15, -0.1) is 0 Å². The van der Waals surface area contributed by atoms with Gasteiger partial charge in [0.15, 0.2) is 11.7 Å². The van der Waals surface area contributed by atoms with Gasteiger partial charge >= 0.3 is 0 Å². The normalized spacial score (nSPS) is 12.0. The number of nitrogens with one attached hydrogen (secondary N) is 1. The van der Waals surface area contributed by atoms with Gasteiger partial charge in [-0.3, -0.25) is 9.59 Å². The summed E-state index contributed by atoms with van der Waals surface area (Å²) in [5.74, 6) is -1.86. The third kappa shape index (κ3) is 2.23. The predicted molar refractivity (Wildman–Crippen MR) is 61.3 cm³/mol. The second kappa shape index (κ2) is 4.61. The summed E-state index contributed by atoms with van der Waals surface area (Å²) in [7, 11) is 0. The van der Waals surface area contributed by atoms with Crippen LogP contribution in [0.3, 0.4) is 0 Å². The molecule has 1 atom stereocenters. The van der Waals surface area contributed by atoms with Crippen LogP contribution in [0.15, 0.2) is 42.7 Å². The van der Waals surface area contributed by atoms with Crippen LogP contribution >= 0.6 is 0 Å². The van der Waals surface area contributed by atoms with E-state index in [1.165, 1.54) is 6.20 Å². The number of carbonyl (C=O) groups is 2. The van der Waals surface area contributed by atoms with E-state index in [0.717, 1.165) is 0 Å². The molecule has 0 saturated carbocycles. The Morgan fingerprint density at radius 2 is 1.94 bits per heavy atom. The molecule has 1 heterocycles. The molecule has 1 unspecified atom stereocenters. The lowest BCUT2D eigenvalue weighted by molar-refractivity contribution is -0.118. The molecule has 1 aromatic heterocycles. The fraction of sp³-hybridized carbons (Fsp3) is 0.0833. The summed E-state index contributed by atoms with van der Waals surface area (Å²) in [4.78, 5) is 30.1. The van der Waals surface area contributed by atoms with Crippen LogP contribution < -0.4 is 5.73 Å². The van der Waals surface area contributed by atoms with E-state index in [1.54, 1.807) is 36.5 Å². The first-order chi connectivity index (χ1) is 8.20. The first-order valence-corrected chi connectivity index (χ1v) is 5.08. The highest BCUT2D eigenvalue weighted by Gasteiger charge is 2.29. The Morgan fingerprint density at radius 1 is 1.24 bits per heavy atom. The SMILES string of the molecule is NC(=O)C(C(=O)c1ccccc1)c1ncc[nH]1. The van der Waals surface area contributed by atoms with Crippen molar-refractivity contribution in [2.24, 2.45) is 5.73 Å². The minimum Gasteiger partial charge on any atom is -0.369 e. The van der Waals surface area contributed by atoms with E-state index in [2.05, 4.69) is 9.97 Å². The summed E-state index contributed by atoms with van der Waals surface area (Å²) < 4.78 is 0. The van der Waals surface area contributed by atoms with E-state index in [9.17, 15) is 9.59 Å². The fourth-order valence-electron chi connectivity index (χ4n) is 1.59. The largest absolute Gasteiger partial charge is 0.369 e. The number of hydrogen-bond donors (Lipinski definition) is 2. The Kier molecular flexibility index (Phi) is 3.00. The van der Waals surface area contributed by atoms with E-state index in [0.29, 0.717) is 5.56 Å². The number of H-pyrrole nitrogens is 1. The molecule has 17 heavy (non-hydrogen) atoms. The number of primary amides is 1. The lowest BCUT2D eigenvalue weighted by Crippen LogP contribution is -2.29. The summed E-state index contributed by atoms with van der Waals surface area (Å²) in [6.07, 6.45) is 3.02. The summed E-state index contributed by atoms with van der Waals surface area (Å²) in [6, 6.07) is 8.53. The number of nitrogens with two attached hydrogens (primary N) is 1. The van der Waals surface area contributed by atoms with Gasteiger partial charge in [-0.2, -0.15) is 0 Å². The van der Waals surface area contributed by atoms with E-state index < -0.39 is 11.8 Å². The first-order valence-electron chi connectivity index (χ1n) is 5.08. The number of hydrogen-bond acceptors (Lipinski definition) is 3. The average Bonchev–Trinajstić information content (AvgIpc) is 2.83. The summed E-state index contributed by atoms with van der Waals surface area (Å²) in [6.45, 7) is 0. The molecule has 0 fully saturated rings. The van der Waals surface area contributed by atoms with E-state index in [4.69, 9.17) is 5.73 Å². The zero-order valence-electron chi connectivity index (χ0n) is 8.96. The van der Waals surface area contributed by atoms with E-state index in [1.807, 2.05) is 0 Å². The maximum absolute atomic E-state index is 12.1. The Labute approximate surface area is 97.7 Å². The number of aromatic amines is 1. The van der Waals surface area contributed by atoms with Crippen molar-refractivity contribution in [3.63, 3.8) is 0 Å². The van der Waals surface area contributed by atoms with Gasteiger partial charge in [0.2, 0.25) is 5.91 Å². The molecule has 5 nitrogen and oxygen atoms in total. The first kappa shape index (κ1) is 11.1. The number of rotatable bonds is 4. The van der Waals surface area contributed by atoms with Crippen molar-refractivity contribution < 1.29 is 9.59 Å². The van der Waals surface area contributed by atoms with Crippen LogP contribution in [0.4, 0.5) is 0 Å². The van der Waals surface area contributed by atoms with Gasteiger partial charge in [0.25, 0.3) is 0 Å². The van der Waals surface area contributed by atoms with Crippen LogP contribution in [0, 0.1) is 0 Å². The van der Waals surface area contributed by atoms with Crippen molar-refractivity contribution in [3.05, 3.63) is 54.1 Å². The molecule has 0 spiro atoms. The van der Waals surface area contributed by atoms with Crippen molar-refractivity contribution in [2.45, 2.75) is 5.92 Å². The minimum atomic E-state index is -1.06. The van der Waals surface area contributed by atoms with Crippen LogP contribution in [0.2, 0.25) is 0 Å². The van der Waals surface area contributed by atoms with E-state index >= 15 is 0 Å². The monoisotopic (exact) mass is 229 g/mol. The van der Waals surface area contributed by atoms with Crippen molar-refractivity contribution in [2.75, 3.05) is 0 Å². The second-order valence-corrected chi connectivity index (χ2v) is 3.54. The van der Waals surface area contributed by atoms with Crippen LogP contribution in [0.5, 0.6) is 0 Å². The molecule has 86 valence electrons. The van der Waals surface area contributed by atoms with Gasteiger partial charge in [0.05, 0.1) is 0 Å². The zero-order valence-corrected chi connectivity index (χ0v) is 8.96. The smallest absolute Gasteiger partial charge is 0.236 e. The number of amides is 1. The molecule has 1 amide bonds. The van der Waals surface area contributed by atoms with Crippen molar-refractivity contribution in [1.82, 2.24) is 9.97 Å². The molecule has 1 aromatic carbocycles. The quantitative estimate of drug-likeness (QED) is 0.602. The number of Topliss-reactive ketones (excluding diaryl/α,β-unsaturated/α-hetero) is 1. The summed E-state index contributed by atoms with van der Waals surface area (Å²) >= 11 is 0. The molecule has 0 aliphatic heterocycles. The summed E-state index contributed by atoms with van der Waals surface area (Å²) in [5.41, 5.74) is 5.68. The van der Waals surface area contributed by atoms with Gasteiger partial charge < -0.3 is 10.7 Å². The fourth-order valence-corrected chi connectivity index (χ4v) is 1.59. The Morgan fingerprint density at radius 3 is 2.47 bits per heavy atom. The number of nitrogens with zero attached hydrogens (tertiary/aromatic N) is 1. The molecule has 0 aliphatic rings. The summed E-state index contributed by atoms with van der Waals surface area (Å²) in [5, 5.41) is 0. The Hall–Kier alpha value is -2.43. The van der Waals surface area contributed by atoms with Crippen molar-refractivity contribution in [3.8, 4) is 0 Å². The molecule has 0 bridgehead atoms. The Bertz CT molecular complexity index is 520. The third-order valence-electron chi connectivity index (χ3n) is 2.40. The number of ketones is 1. The van der Waals surface area contributed by atoms with Crippen molar-refractivity contribution >= 4 is 11.7 Å². The standard InChI is InChI=1S/C12H11N3O2/c13-11(17)9(12-14-6-7-15-12)10(16)8-4-2-1-3-5-8/h1-7,9H,(H2,13,17)(H,14,15). The molecular formula is C12H11N3O2. The lowest BCUT2D eigenvalue weighted by atomic mass is 9.96. The van der Waals surface area contributed by atoms with Crippen molar-refractivity contribution in [1.29, 1.82) is 0 Å². The van der Waals surface area contributed by atoms with E-state index in [-0.39, 0.29) is 11.6 Å². The predicted octanol–water partition coefficient (Wildman–Crippen LogP) is 0.861. The lowest BCUT2D eigenvalue weighted by Gasteiger charge is -2.09. The molecule has 0 aliphatic carbocycles. The van der Waals surface area contributed by atoms with Gasteiger partial charge in [-0.25, -0.2) is 4.98 Å². The van der Waals surface area contributed by atoms with Gasteiger partial charge in [0.1, 0.15) is 5.82 Å². The third-order valence-corrected chi connectivity index (χ3v) is 2.40. The van der Waals surface area contributed by atoms with Gasteiger partial charge in [-0.1, -0.05) is 30.3 Å². The molecule has 5 heteroatoms. The molecule has 0 saturated heterocycles. The number of imidazole rings is 1. The van der Waals surface area contributed by atoms with Gasteiger partial charge in [0, 0.05) is 18.0 Å². The van der Waals surface area contributed by atoms with Gasteiger partial charge in [-0.05, 0) is 0 Å². The molecule has 0 radical (unpaired) electrons. The Balaban J connectivity index is 2.36. The second-order valence-electron chi connectivity index (χ2n) is 3.54. The number of carbonyl (C=O) groups excluding carboxylic acids is 2. The number of benzene rings is 1. The van der Waals surface area contributed by atoms with Crippen LogP contribution in [0.25, 0.3) is 0 Å². The molecule has 2 aromatic rings. The number of aromatic nitrogens is 2. The highest BCUT2D eigenvalue weighted by molar-refractivity contribution is 6.13. The average molecular weight is 229 g/mol. The molecular weight excluding hydrogens is 218 g/mol.